The van der Waals surface area contributed by atoms with Gasteiger partial charge in [0.15, 0.2) is 0 Å². The molecule has 6 aromatic rings. The molecule has 482 valence electrons. The Kier molecular flexibility index (Phi) is 38.8. The van der Waals surface area contributed by atoms with E-state index >= 15 is 0 Å². The summed E-state index contributed by atoms with van der Waals surface area (Å²) >= 11 is 0. The Balaban J connectivity index is 0.000000237. The minimum Gasteiger partial charge on any atom is -0.411 e. The molecule has 0 saturated heterocycles. The number of benzene rings is 6. The number of oxime groups is 1. The molecule has 6 atom stereocenters. The second-order valence-corrected chi connectivity index (χ2v) is 33.5. The molecule has 4 nitrogen and oxygen atoms in total. The summed E-state index contributed by atoms with van der Waals surface area (Å²) in [6.07, 6.45) is 30.9. The van der Waals surface area contributed by atoms with Crippen molar-refractivity contribution in [3.63, 3.8) is 0 Å². The van der Waals surface area contributed by atoms with Gasteiger partial charge in [-0.05, 0) is 204 Å². The summed E-state index contributed by atoms with van der Waals surface area (Å²) in [6, 6.07) is 67.3. The van der Waals surface area contributed by atoms with Crippen LogP contribution in [0.4, 0.5) is 0 Å². The number of carbonyl (C=O) groups excluding carboxylic acids is 1. The van der Waals surface area contributed by atoms with Gasteiger partial charge in [0.25, 0.3) is 0 Å². The summed E-state index contributed by atoms with van der Waals surface area (Å²) in [6.45, 7) is 15.4. The fraction of sp³-hybridized carbons (Fsp3) is 0.513. The van der Waals surface area contributed by atoms with E-state index in [0.717, 1.165) is 84.1 Å². The van der Waals surface area contributed by atoms with Gasteiger partial charge in [-0.1, -0.05) is 281 Å². The summed E-state index contributed by atoms with van der Waals surface area (Å²) in [5.41, 5.74) is 7.99. The number of nitrogens with two attached hydrogens (primary N) is 1. The van der Waals surface area contributed by atoms with Crippen molar-refractivity contribution in [1.29, 1.82) is 0 Å². The third kappa shape index (κ3) is 24.6. The average Bonchev–Trinajstić information content (AvgIpc) is 2.18. The van der Waals surface area contributed by atoms with Crippen molar-refractivity contribution in [2.24, 2.45) is 64.2 Å². The summed E-state index contributed by atoms with van der Waals surface area (Å²) in [5, 5.41) is 20.4. The van der Waals surface area contributed by atoms with E-state index in [1.165, 1.54) is 122 Å². The molecule has 88 heavy (non-hydrogen) atoms. The Bertz CT molecular complexity index is 2330. The van der Waals surface area contributed by atoms with Gasteiger partial charge in [-0.15, -0.1) is 5.16 Å². The first-order valence-corrected chi connectivity index (χ1v) is 37.9. The Morgan fingerprint density at radius 1 is 0.375 bits per heavy atom. The second kappa shape index (κ2) is 44.0. The van der Waals surface area contributed by atoms with Gasteiger partial charge < -0.3 is 15.7 Å². The normalized spacial score (nSPS) is 21.6. The quantitative estimate of drug-likeness (QED) is 0.0269. The van der Waals surface area contributed by atoms with Crippen LogP contribution >= 0.6 is 23.8 Å². The summed E-state index contributed by atoms with van der Waals surface area (Å²) < 4.78 is 0. The molecule has 0 spiro atoms. The van der Waals surface area contributed by atoms with Crippen LogP contribution in [0.15, 0.2) is 187 Å². The third-order valence-electron chi connectivity index (χ3n) is 19.4. The largest absolute Gasteiger partial charge is 0.411 e. The zero-order valence-corrected chi connectivity index (χ0v) is 60.2. The van der Waals surface area contributed by atoms with Crippen LogP contribution < -0.4 is 37.6 Å². The van der Waals surface area contributed by atoms with Gasteiger partial charge in [0.05, 0.1) is 0 Å². The Hall–Kier alpha value is -2.73. The van der Waals surface area contributed by atoms with Crippen LogP contribution in [-0.2, 0) is 56.0 Å². The molecule has 0 aliphatic heterocycles. The van der Waals surface area contributed by atoms with Gasteiger partial charge in [-0.25, -0.2) is 0 Å². The molecule has 6 saturated carbocycles. The van der Waals surface area contributed by atoms with Gasteiger partial charge in [-0.2, -0.15) is 0 Å². The second-order valence-electron chi connectivity index (χ2n) is 26.2. The summed E-state index contributed by atoms with van der Waals surface area (Å²) in [7, 11) is -0.671. The SMILES string of the molecule is CC(C)C1CCCC1P(c1ccccc1)c1ccccc1.CC(C)C1CCCC1P(c1ccccc1)c1ccccc1.CC(C)C1CCCC1P(c1ccccc1)c1ccccc1.NCC1CCCC1.O/N=C/C1CCCC1.O=CC1CCCC1.[Fe].[Fe].[Fe]. The molecule has 6 fully saturated rings. The van der Waals surface area contributed by atoms with Crippen LogP contribution in [0.3, 0.4) is 0 Å². The van der Waals surface area contributed by atoms with Crippen LogP contribution in [0, 0.1) is 53.3 Å². The summed E-state index contributed by atoms with van der Waals surface area (Å²) in [4.78, 5) is 10.0. The van der Waals surface area contributed by atoms with E-state index in [4.69, 9.17) is 10.9 Å². The van der Waals surface area contributed by atoms with Gasteiger partial charge in [0.1, 0.15) is 6.29 Å². The predicted octanol–water partition coefficient (Wildman–Crippen LogP) is 19.0. The maximum Gasteiger partial charge on any atom is 0.123 e. The molecule has 0 bridgehead atoms. The molecule has 0 heterocycles. The monoisotopic (exact) mass is 1370 g/mol. The van der Waals surface area contributed by atoms with Crippen molar-refractivity contribution in [3.05, 3.63) is 182 Å². The first-order valence-electron chi connectivity index (χ1n) is 33.6. The molecule has 6 aliphatic rings. The van der Waals surface area contributed by atoms with E-state index in [1.807, 2.05) is 0 Å². The van der Waals surface area contributed by atoms with Crippen molar-refractivity contribution >= 4 is 68.1 Å². The number of aldehydes is 1. The number of carbonyl (C=O) groups is 1. The Morgan fingerprint density at radius 2 is 0.614 bits per heavy atom. The topological polar surface area (TPSA) is 75.7 Å². The maximum absolute atomic E-state index is 10.0. The zero-order chi connectivity index (χ0) is 60.0. The van der Waals surface area contributed by atoms with Crippen LogP contribution in [0.5, 0.6) is 0 Å². The number of nitrogens with zero attached hydrogens (tertiary/aromatic N) is 1. The molecule has 3 N–H and O–H groups in total. The summed E-state index contributed by atoms with van der Waals surface area (Å²) in [5.74, 6) is 6.92. The zero-order valence-electron chi connectivity index (χ0n) is 54.2. The molecule has 0 amide bonds. The van der Waals surface area contributed by atoms with Crippen LogP contribution in [0.2, 0.25) is 0 Å². The molecule has 0 radical (unpaired) electrons. The maximum atomic E-state index is 10.0. The van der Waals surface area contributed by atoms with E-state index in [1.54, 1.807) is 38.0 Å². The fourth-order valence-corrected chi connectivity index (χ4v) is 25.0. The van der Waals surface area contributed by atoms with E-state index < -0.39 is 0 Å². The van der Waals surface area contributed by atoms with Crippen LogP contribution in [0.1, 0.15) is 176 Å². The molecular weight excluding hydrogens is 1260 g/mol. The molecular formula is C78H109Fe3N2O2P3. The number of rotatable bonds is 15. The van der Waals surface area contributed by atoms with Crippen molar-refractivity contribution in [2.45, 2.75) is 193 Å². The minimum absolute atomic E-state index is 0. The van der Waals surface area contributed by atoms with Crippen molar-refractivity contribution in [1.82, 2.24) is 0 Å². The van der Waals surface area contributed by atoms with Gasteiger partial charge in [0.2, 0.25) is 0 Å². The van der Waals surface area contributed by atoms with E-state index in [-0.39, 0.29) is 75.0 Å². The number of hydrogen-bond acceptors (Lipinski definition) is 4. The predicted molar refractivity (Wildman–Crippen MR) is 376 cm³/mol. The van der Waals surface area contributed by atoms with Crippen LogP contribution in [0.25, 0.3) is 0 Å². The standard InChI is InChI=1S/3C20H25P.C6H11NO.C6H13N.C6H10O.3Fe/c3*1-16(2)19-14-9-15-20(19)21(17-10-5-3-6-11-17)18-12-7-4-8-13-18;8-7-5-6-3-1-2-4-6;2*7-5-6-3-1-2-4-6;;;/h3*3-8,10-13,16,19-20H,9,14-15H2,1-2H3;5-6,8H,1-4H2;6H,1-5,7H2;5-6H,1-4H2;;;/b;;;7-5+;;;;;. The van der Waals surface area contributed by atoms with E-state index in [9.17, 15) is 4.79 Å². The smallest absolute Gasteiger partial charge is 0.123 e. The Labute approximate surface area is 570 Å². The van der Waals surface area contributed by atoms with Crippen molar-refractivity contribution in [2.75, 3.05) is 6.54 Å². The molecule has 10 heteroatoms. The molecule has 0 aromatic heterocycles. The average molecular weight is 1370 g/mol. The van der Waals surface area contributed by atoms with Crippen molar-refractivity contribution < 1.29 is 61.2 Å². The van der Waals surface area contributed by atoms with E-state index in [0.29, 0.717) is 11.8 Å². The van der Waals surface area contributed by atoms with Gasteiger partial charge >= 0.3 is 0 Å². The number of hydrogen-bond donors (Lipinski definition) is 2. The minimum atomic E-state index is -0.224. The van der Waals surface area contributed by atoms with Gasteiger partial charge in [0, 0.05) is 63.3 Å². The molecule has 6 aliphatic carbocycles. The molecule has 6 unspecified atom stereocenters. The van der Waals surface area contributed by atoms with Crippen molar-refractivity contribution in [3.8, 4) is 0 Å². The molecule has 12 rings (SSSR count). The Morgan fingerprint density at radius 3 is 0.807 bits per heavy atom. The first kappa shape index (κ1) is 77.7. The molecule has 6 aromatic carbocycles. The van der Waals surface area contributed by atoms with Crippen LogP contribution in [-0.4, -0.2) is 41.2 Å². The first-order chi connectivity index (χ1) is 41.6. The fourth-order valence-electron chi connectivity index (χ4n) is 14.9. The third-order valence-corrected chi connectivity index (χ3v) is 28.5. The van der Waals surface area contributed by atoms with Gasteiger partial charge in [-0.3, -0.25) is 0 Å². The van der Waals surface area contributed by atoms with E-state index in [2.05, 4.69) is 229 Å².